The standard InChI is InChI=1S/C24H20N2S2/c1-17-10-6-8-14-20(17)25-24-26(21-15-9-7-11-18(21)2)23(27)22(28-24)16-19-12-4-3-5-13-19/h3-16H,1-2H3/b22-16+,25-24?. The van der Waals surface area contributed by atoms with Gasteiger partial charge in [-0.3, -0.25) is 4.90 Å². The zero-order chi connectivity index (χ0) is 19.5. The summed E-state index contributed by atoms with van der Waals surface area (Å²) in [7, 11) is 0. The zero-order valence-electron chi connectivity index (χ0n) is 15.8. The molecule has 0 aliphatic carbocycles. The predicted octanol–water partition coefficient (Wildman–Crippen LogP) is 6.91. The van der Waals surface area contributed by atoms with Crippen LogP contribution in [-0.4, -0.2) is 10.2 Å². The Morgan fingerprint density at radius 3 is 2.18 bits per heavy atom. The second-order valence-corrected chi connectivity index (χ2v) is 8.03. The van der Waals surface area contributed by atoms with E-state index in [1.165, 1.54) is 5.56 Å². The van der Waals surface area contributed by atoms with Crippen LogP contribution >= 0.6 is 24.0 Å². The lowest BCUT2D eigenvalue weighted by atomic mass is 10.1. The SMILES string of the molecule is Cc1ccccc1N=C1S/C(=C/c2ccccc2)C(=S)N1c1ccccc1C. The fraction of sp³-hybridized carbons (Fsp3) is 0.0833. The summed E-state index contributed by atoms with van der Waals surface area (Å²) >= 11 is 7.51. The van der Waals surface area contributed by atoms with Gasteiger partial charge in [0, 0.05) is 0 Å². The molecule has 1 saturated heterocycles. The molecule has 0 spiro atoms. The van der Waals surface area contributed by atoms with Gasteiger partial charge in [-0.05, 0) is 60.5 Å². The van der Waals surface area contributed by atoms with E-state index in [9.17, 15) is 0 Å². The smallest absolute Gasteiger partial charge is 0.179 e. The molecule has 0 aromatic heterocycles. The summed E-state index contributed by atoms with van der Waals surface area (Å²) in [5.74, 6) is 0. The topological polar surface area (TPSA) is 15.6 Å². The molecule has 0 saturated carbocycles. The Morgan fingerprint density at radius 2 is 1.46 bits per heavy atom. The molecule has 1 aliphatic heterocycles. The molecule has 0 radical (unpaired) electrons. The van der Waals surface area contributed by atoms with Gasteiger partial charge < -0.3 is 0 Å². The highest BCUT2D eigenvalue weighted by atomic mass is 32.2. The summed E-state index contributed by atoms with van der Waals surface area (Å²) in [5.41, 5.74) is 5.49. The molecule has 3 aromatic carbocycles. The van der Waals surface area contributed by atoms with E-state index in [2.05, 4.69) is 55.2 Å². The van der Waals surface area contributed by atoms with E-state index in [0.717, 1.165) is 37.6 Å². The van der Waals surface area contributed by atoms with Gasteiger partial charge in [-0.1, -0.05) is 78.9 Å². The first-order chi connectivity index (χ1) is 13.6. The highest BCUT2D eigenvalue weighted by Gasteiger charge is 2.32. The number of para-hydroxylation sites is 2. The molecule has 138 valence electrons. The molecule has 0 atom stereocenters. The molecule has 1 fully saturated rings. The Hall–Kier alpha value is -2.69. The van der Waals surface area contributed by atoms with E-state index in [0.29, 0.717) is 0 Å². The van der Waals surface area contributed by atoms with Crippen LogP contribution in [0, 0.1) is 13.8 Å². The van der Waals surface area contributed by atoms with Crippen molar-refractivity contribution in [2.45, 2.75) is 13.8 Å². The molecule has 1 aliphatic rings. The summed E-state index contributed by atoms with van der Waals surface area (Å²) in [6, 6.07) is 26.7. The summed E-state index contributed by atoms with van der Waals surface area (Å²) in [6.07, 6.45) is 2.14. The monoisotopic (exact) mass is 400 g/mol. The van der Waals surface area contributed by atoms with Gasteiger partial charge in [0.25, 0.3) is 0 Å². The zero-order valence-corrected chi connectivity index (χ0v) is 17.4. The molecule has 0 bridgehead atoms. The van der Waals surface area contributed by atoms with Crippen molar-refractivity contribution in [3.8, 4) is 0 Å². The van der Waals surface area contributed by atoms with Crippen LogP contribution in [0.3, 0.4) is 0 Å². The molecule has 0 N–H and O–H groups in total. The van der Waals surface area contributed by atoms with E-state index in [4.69, 9.17) is 17.2 Å². The summed E-state index contributed by atoms with van der Waals surface area (Å²) < 4.78 is 0. The minimum atomic E-state index is 0.787. The Bertz CT molecular complexity index is 1080. The normalized spacial score (nSPS) is 16.9. The number of thiocarbonyl (C=S) groups is 1. The maximum Gasteiger partial charge on any atom is 0.179 e. The molecular weight excluding hydrogens is 380 g/mol. The number of thioether (sulfide) groups is 1. The van der Waals surface area contributed by atoms with Crippen LogP contribution in [0.5, 0.6) is 0 Å². The lowest BCUT2D eigenvalue weighted by Crippen LogP contribution is -2.28. The minimum Gasteiger partial charge on any atom is -0.278 e. The molecule has 2 nitrogen and oxygen atoms in total. The van der Waals surface area contributed by atoms with E-state index >= 15 is 0 Å². The Kier molecular flexibility index (Phi) is 5.42. The number of benzene rings is 3. The molecule has 1 heterocycles. The van der Waals surface area contributed by atoms with Gasteiger partial charge in [-0.25, -0.2) is 4.99 Å². The second-order valence-electron chi connectivity index (χ2n) is 6.63. The number of rotatable bonds is 3. The molecule has 28 heavy (non-hydrogen) atoms. The molecule has 4 heteroatoms. The number of hydrogen-bond donors (Lipinski definition) is 0. The van der Waals surface area contributed by atoms with Gasteiger partial charge in [-0.2, -0.15) is 0 Å². The minimum absolute atomic E-state index is 0.787. The molecule has 4 rings (SSSR count). The summed E-state index contributed by atoms with van der Waals surface area (Å²) in [5, 5.41) is 0.885. The average Bonchev–Trinajstić information content (AvgIpc) is 3.00. The van der Waals surface area contributed by atoms with Crippen LogP contribution in [0.15, 0.2) is 88.8 Å². The van der Waals surface area contributed by atoms with Crippen LogP contribution in [-0.2, 0) is 0 Å². The number of aliphatic imine (C=N–C) groups is 1. The third-order valence-electron chi connectivity index (χ3n) is 4.59. The Morgan fingerprint density at radius 1 is 0.821 bits per heavy atom. The number of amidine groups is 1. The first-order valence-corrected chi connectivity index (χ1v) is 10.3. The van der Waals surface area contributed by atoms with Crippen molar-refractivity contribution in [3.63, 3.8) is 0 Å². The van der Waals surface area contributed by atoms with Gasteiger partial charge in [0.15, 0.2) is 5.17 Å². The van der Waals surface area contributed by atoms with Crippen LogP contribution < -0.4 is 4.90 Å². The van der Waals surface area contributed by atoms with Gasteiger partial charge in [0.2, 0.25) is 0 Å². The highest BCUT2D eigenvalue weighted by Crippen LogP contribution is 2.39. The maximum atomic E-state index is 5.88. The van der Waals surface area contributed by atoms with Crippen LogP contribution in [0.1, 0.15) is 16.7 Å². The van der Waals surface area contributed by atoms with E-state index in [-0.39, 0.29) is 0 Å². The first kappa shape index (κ1) is 18.7. The summed E-state index contributed by atoms with van der Waals surface area (Å²) in [6.45, 7) is 4.18. The molecular formula is C24H20N2S2. The summed E-state index contributed by atoms with van der Waals surface area (Å²) in [4.78, 5) is 8.90. The number of aryl methyl sites for hydroxylation is 2. The van der Waals surface area contributed by atoms with Crippen molar-refractivity contribution in [1.29, 1.82) is 0 Å². The quantitative estimate of drug-likeness (QED) is 0.351. The van der Waals surface area contributed by atoms with E-state index < -0.39 is 0 Å². The number of hydrogen-bond acceptors (Lipinski definition) is 3. The van der Waals surface area contributed by atoms with Crippen LogP contribution in [0.2, 0.25) is 0 Å². The molecule has 0 amide bonds. The fourth-order valence-electron chi connectivity index (χ4n) is 3.07. The predicted molar refractivity (Wildman–Crippen MR) is 127 cm³/mol. The Labute approximate surface area is 175 Å². The third kappa shape index (κ3) is 3.79. The number of nitrogens with zero attached hydrogens (tertiary/aromatic N) is 2. The fourth-order valence-corrected chi connectivity index (χ4v) is 4.49. The maximum absolute atomic E-state index is 5.88. The second kappa shape index (κ2) is 8.13. The van der Waals surface area contributed by atoms with Gasteiger partial charge in [-0.15, -0.1) is 0 Å². The van der Waals surface area contributed by atoms with Crippen molar-refractivity contribution in [3.05, 3.63) is 100 Å². The Balaban J connectivity index is 1.82. The number of anilines is 1. The average molecular weight is 401 g/mol. The van der Waals surface area contributed by atoms with Crippen molar-refractivity contribution >= 4 is 51.6 Å². The first-order valence-electron chi connectivity index (χ1n) is 9.12. The van der Waals surface area contributed by atoms with Crippen molar-refractivity contribution in [2.24, 2.45) is 4.99 Å². The van der Waals surface area contributed by atoms with Crippen molar-refractivity contribution < 1.29 is 0 Å². The van der Waals surface area contributed by atoms with Gasteiger partial charge in [0.05, 0.1) is 16.3 Å². The van der Waals surface area contributed by atoms with Crippen molar-refractivity contribution in [2.75, 3.05) is 4.90 Å². The van der Waals surface area contributed by atoms with Gasteiger partial charge in [0.1, 0.15) is 4.99 Å². The van der Waals surface area contributed by atoms with Crippen molar-refractivity contribution in [1.82, 2.24) is 0 Å². The van der Waals surface area contributed by atoms with E-state index in [1.54, 1.807) is 11.8 Å². The lowest BCUT2D eigenvalue weighted by molar-refractivity contribution is 1.35. The van der Waals surface area contributed by atoms with Gasteiger partial charge >= 0.3 is 0 Å². The molecule has 0 unspecified atom stereocenters. The molecule has 3 aromatic rings. The van der Waals surface area contributed by atoms with Crippen LogP contribution in [0.4, 0.5) is 11.4 Å². The van der Waals surface area contributed by atoms with E-state index in [1.807, 2.05) is 48.5 Å². The lowest BCUT2D eigenvalue weighted by Gasteiger charge is -2.20. The highest BCUT2D eigenvalue weighted by molar-refractivity contribution is 8.20. The van der Waals surface area contributed by atoms with Crippen LogP contribution in [0.25, 0.3) is 6.08 Å². The third-order valence-corrected chi connectivity index (χ3v) is 6.11. The largest absolute Gasteiger partial charge is 0.278 e.